The van der Waals surface area contributed by atoms with Gasteiger partial charge >= 0.3 is 0 Å². The Labute approximate surface area is 193 Å². The molecule has 0 bridgehead atoms. The summed E-state index contributed by atoms with van der Waals surface area (Å²) in [5.41, 5.74) is 5.73. The Balaban J connectivity index is 2.11. The molecule has 0 spiro atoms. The van der Waals surface area contributed by atoms with Gasteiger partial charge in [-0.2, -0.15) is 0 Å². The van der Waals surface area contributed by atoms with E-state index in [0.717, 1.165) is 18.4 Å². The molecule has 1 aromatic heterocycles. The second-order valence-electron chi connectivity index (χ2n) is 9.25. The van der Waals surface area contributed by atoms with Crippen LogP contribution < -0.4 is 15.8 Å². The number of nitrogens with one attached hydrogen (secondary N) is 1. The fraction of sp³-hybridized carbons (Fsp3) is 0.696. The molecule has 9 heteroatoms. The summed E-state index contributed by atoms with van der Waals surface area (Å²) in [6.45, 7) is 7.12. The lowest BCUT2D eigenvalue weighted by atomic mass is 9.72. The van der Waals surface area contributed by atoms with E-state index in [-0.39, 0.29) is 29.5 Å². The Morgan fingerprint density at radius 1 is 1.41 bits per heavy atom. The maximum Gasteiger partial charge on any atom is 0.267 e. The van der Waals surface area contributed by atoms with Crippen LogP contribution in [0.1, 0.15) is 74.0 Å². The molecule has 3 N–H and O–H groups in total. The van der Waals surface area contributed by atoms with Crippen molar-refractivity contribution in [3.05, 3.63) is 23.0 Å². The van der Waals surface area contributed by atoms with Crippen molar-refractivity contribution in [2.45, 2.75) is 64.0 Å². The number of nitrogens with two attached hydrogens (primary N) is 1. The SMILES string of the molecule is CCC(CC)(C(=O)NCC(F)CCl)c1c(C(N)=O)ncc(C2CC2)c1OCC1(C)COC1. The van der Waals surface area contributed by atoms with E-state index in [0.29, 0.717) is 44.0 Å². The highest BCUT2D eigenvalue weighted by atomic mass is 35.5. The van der Waals surface area contributed by atoms with Crippen molar-refractivity contribution in [1.82, 2.24) is 10.3 Å². The molecule has 32 heavy (non-hydrogen) atoms. The molecule has 7 nitrogen and oxygen atoms in total. The number of alkyl halides is 2. The summed E-state index contributed by atoms with van der Waals surface area (Å²) in [4.78, 5) is 30.3. The zero-order valence-corrected chi connectivity index (χ0v) is 19.8. The monoisotopic (exact) mass is 469 g/mol. The van der Waals surface area contributed by atoms with Crippen molar-refractivity contribution in [2.75, 3.05) is 32.2 Å². The summed E-state index contributed by atoms with van der Waals surface area (Å²) in [7, 11) is 0. The van der Waals surface area contributed by atoms with Gasteiger partial charge in [0.15, 0.2) is 0 Å². The van der Waals surface area contributed by atoms with Gasteiger partial charge in [-0.25, -0.2) is 4.39 Å². The minimum atomic E-state index is -1.37. The summed E-state index contributed by atoms with van der Waals surface area (Å²) >= 11 is 5.56. The molecule has 1 aromatic rings. The quantitative estimate of drug-likeness (QED) is 0.457. The number of primary amides is 1. The smallest absolute Gasteiger partial charge is 0.267 e. The third kappa shape index (κ3) is 4.86. The van der Waals surface area contributed by atoms with Crippen molar-refractivity contribution in [2.24, 2.45) is 11.1 Å². The molecule has 2 fully saturated rings. The second-order valence-corrected chi connectivity index (χ2v) is 9.56. The molecule has 1 aliphatic heterocycles. The molecule has 1 atom stereocenters. The fourth-order valence-corrected chi connectivity index (χ4v) is 4.34. The normalized spacial score (nSPS) is 18.5. The van der Waals surface area contributed by atoms with Crippen molar-refractivity contribution in [1.29, 1.82) is 0 Å². The number of halogens is 2. The van der Waals surface area contributed by atoms with Gasteiger partial charge in [0.2, 0.25) is 5.91 Å². The first-order chi connectivity index (χ1) is 15.2. The zero-order chi connectivity index (χ0) is 23.5. The molecule has 0 aromatic carbocycles. The average molecular weight is 470 g/mol. The van der Waals surface area contributed by atoms with Gasteiger partial charge in [-0.3, -0.25) is 14.6 Å². The van der Waals surface area contributed by atoms with Crippen molar-refractivity contribution in [3.63, 3.8) is 0 Å². The number of aromatic nitrogens is 1. The topological polar surface area (TPSA) is 104 Å². The molecule has 3 rings (SSSR count). The second kappa shape index (κ2) is 9.91. The van der Waals surface area contributed by atoms with E-state index in [1.54, 1.807) is 6.20 Å². The summed E-state index contributed by atoms with van der Waals surface area (Å²) in [5, 5.41) is 2.67. The number of ether oxygens (including phenoxy) is 2. The van der Waals surface area contributed by atoms with Crippen LogP contribution in [0.5, 0.6) is 5.75 Å². The largest absolute Gasteiger partial charge is 0.492 e. The van der Waals surface area contributed by atoms with E-state index in [9.17, 15) is 14.0 Å². The lowest BCUT2D eigenvalue weighted by Crippen LogP contribution is -2.48. The molecule has 2 aliphatic rings. The molecular weight excluding hydrogens is 437 g/mol. The highest BCUT2D eigenvalue weighted by Gasteiger charge is 2.45. The van der Waals surface area contributed by atoms with Crippen LogP contribution in [-0.2, 0) is 14.9 Å². The van der Waals surface area contributed by atoms with Gasteiger partial charge in [0.1, 0.15) is 17.6 Å². The summed E-state index contributed by atoms with van der Waals surface area (Å²) < 4.78 is 25.5. The first-order valence-corrected chi connectivity index (χ1v) is 11.8. The van der Waals surface area contributed by atoms with Gasteiger partial charge in [-0.05, 0) is 31.6 Å². The lowest BCUT2D eigenvalue weighted by molar-refractivity contribution is -0.127. The Hall–Kier alpha value is -1.93. The van der Waals surface area contributed by atoms with E-state index in [1.165, 1.54) is 0 Å². The highest BCUT2D eigenvalue weighted by Crippen LogP contribution is 2.50. The zero-order valence-electron chi connectivity index (χ0n) is 19.0. The van der Waals surface area contributed by atoms with Crippen LogP contribution in [0.4, 0.5) is 4.39 Å². The Morgan fingerprint density at radius 2 is 2.06 bits per heavy atom. The molecule has 2 amide bonds. The maximum atomic E-state index is 13.8. The number of hydrogen-bond acceptors (Lipinski definition) is 5. The Morgan fingerprint density at radius 3 is 2.53 bits per heavy atom. The third-order valence-electron chi connectivity index (χ3n) is 6.55. The number of hydrogen-bond donors (Lipinski definition) is 2. The fourth-order valence-electron chi connectivity index (χ4n) is 4.23. The van der Waals surface area contributed by atoms with Gasteiger partial charge in [0.05, 0.1) is 31.1 Å². The number of amides is 2. The van der Waals surface area contributed by atoms with Crippen molar-refractivity contribution in [3.8, 4) is 5.75 Å². The number of rotatable bonds is 12. The Bertz CT molecular complexity index is 854. The minimum absolute atomic E-state index is 0.0207. The molecule has 1 unspecified atom stereocenters. The third-order valence-corrected chi connectivity index (χ3v) is 6.88. The van der Waals surface area contributed by atoms with Crippen molar-refractivity contribution < 1.29 is 23.5 Å². The maximum absolute atomic E-state index is 13.8. The van der Waals surface area contributed by atoms with Gasteiger partial charge < -0.3 is 20.5 Å². The molecule has 2 heterocycles. The molecule has 1 aliphatic carbocycles. The van der Waals surface area contributed by atoms with E-state index in [4.69, 9.17) is 26.8 Å². The van der Waals surface area contributed by atoms with Crippen molar-refractivity contribution >= 4 is 23.4 Å². The van der Waals surface area contributed by atoms with Gasteiger partial charge in [-0.1, -0.05) is 20.8 Å². The number of nitrogens with zero attached hydrogens (tertiary/aromatic N) is 1. The Kier molecular flexibility index (Phi) is 7.65. The number of carbonyl (C=O) groups is 2. The van der Waals surface area contributed by atoms with Gasteiger partial charge in [0.25, 0.3) is 5.91 Å². The molecule has 0 radical (unpaired) electrons. The predicted octanol–water partition coefficient (Wildman–Crippen LogP) is 3.22. The van der Waals surface area contributed by atoms with E-state index in [1.807, 2.05) is 13.8 Å². The number of carbonyl (C=O) groups excluding carboxylic acids is 2. The lowest BCUT2D eigenvalue weighted by Gasteiger charge is -2.39. The van der Waals surface area contributed by atoms with Crippen LogP contribution >= 0.6 is 11.6 Å². The van der Waals surface area contributed by atoms with Gasteiger partial charge in [0, 0.05) is 29.3 Å². The van der Waals surface area contributed by atoms with Crippen LogP contribution in [0.3, 0.4) is 0 Å². The van der Waals surface area contributed by atoms with Gasteiger partial charge in [-0.15, -0.1) is 11.6 Å². The van der Waals surface area contributed by atoms with E-state index < -0.39 is 23.4 Å². The number of pyridine rings is 1. The predicted molar refractivity (Wildman–Crippen MR) is 120 cm³/mol. The van der Waals surface area contributed by atoms with E-state index in [2.05, 4.69) is 17.2 Å². The highest BCUT2D eigenvalue weighted by molar-refractivity contribution is 6.18. The summed E-state index contributed by atoms with van der Waals surface area (Å²) in [5.74, 6) is -0.558. The standard InChI is InChI=1S/C23H33ClFN3O4/c1-4-23(5-2,21(30)28-9-15(25)8-24)17-18(20(26)29)27-10-16(14-6-7-14)19(17)32-13-22(3)11-31-12-22/h10,14-15H,4-9,11-13H2,1-3H3,(H2,26,29)(H,28,30). The molecule has 1 saturated carbocycles. The molecule has 178 valence electrons. The van der Waals surface area contributed by atoms with Crippen LogP contribution in [0.15, 0.2) is 6.20 Å². The van der Waals surface area contributed by atoms with Crippen LogP contribution in [0.25, 0.3) is 0 Å². The molecule has 1 saturated heterocycles. The van der Waals surface area contributed by atoms with Crippen LogP contribution in [0, 0.1) is 5.41 Å². The first-order valence-electron chi connectivity index (χ1n) is 11.2. The summed E-state index contributed by atoms with van der Waals surface area (Å²) in [6, 6.07) is 0. The minimum Gasteiger partial charge on any atom is -0.492 e. The van der Waals surface area contributed by atoms with E-state index >= 15 is 0 Å². The molecular formula is C23H33ClFN3O4. The average Bonchev–Trinajstić information content (AvgIpc) is 3.61. The van der Waals surface area contributed by atoms with Crippen LogP contribution in [-0.4, -0.2) is 55.2 Å². The van der Waals surface area contributed by atoms with Crippen LogP contribution in [0.2, 0.25) is 0 Å². The first kappa shape index (κ1) is 24.7. The summed E-state index contributed by atoms with van der Waals surface area (Å²) in [6.07, 6.45) is 2.98.